The van der Waals surface area contributed by atoms with Crippen molar-refractivity contribution >= 4 is 18.0 Å². The molecule has 0 amide bonds. The molecule has 2 fully saturated rings. The molecular formula is C33H45N11O4. The van der Waals surface area contributed by atoms with Crippen LogP contribution in [-0.2, 0) is 9.47 Å². The number of hydrogen-bond acceptors (Lipinski definition) is 12. The van der Waals surface area contributed by atoms with Crippen LogP contribution in [0.15, 0.2) is 47.1 Å². The number of nitriles is 1. The van der Waals surface area contributed by atoms with Crippen molar-refractivity contribution in [1.29, 1.82) is 10.8 Å². The third-order valence-electron chi connectivity index (χ3n) is 8.45. The van der Waals surface area contributed by atoms with E-state index in [4.69, 9.17) is 29.6 Å². The molecular weight excluding hydrogens is 614 g/mol. The van der Waals surface area contributed by atoms with E-state index in [2.05, 4.69) is 41.9 Å². The fraction of sp³-hybridized carbons (Fsp3) is 0.545. The van der Waals surface area contributed by atoms with Crippen LogP contribution in [0.5, 0.6) is 11.6 Å². The Bertz CT molecular complexity index is 1510. The first-order chi connectivity index (χ1) is 23.6. The van der Waals surface area contributed by atoms with E-state index >= 15 is 0 Å². The van der Waals surface area contributed by atoms with Crippen LogP contribution in [0.1, 0.15) is 57.6 Å². The van der Waals surface area contributed by atoms with E-state index in [0.717, 1.165) is 69.5 Å². The summed E-state index contributed by atoms with van der Waals surface area (Å²) in [5.74, 6) is 1.39. The molecule has 1 saturated heterocycles. The average molecular weight is 660 g/mol. The van der Waals surface area contributed by atoms with E-state index in [1.165, 1.54) is 6.34 Å². The van der Waals surface area contributed by atoms with Crippen molar-refractivity contribution in [2.45, 2.75) is 64.1 Å². The quantitative estimate of drug-likeness (QED) is 0.0589. The van der Waals surface area contributed by atoms with Gasteiger partial charge in [0.05, 0.1) is 44.2 Å². The summed E-state index contributed by atoms with van der Waals surface area (Å²) < 4.78 is 25.2. The van der Waals surface area contributed by atoms with Crippen LogP contribution in [-0.4, -0.2) is 95.8 Å². The van der Waals surface area contributed by atoms with E-state index < -0.39 is 0 Å². The van der Waals surface area contributed by atoms with Crippen molar-refractivity contribution in [3.05, 3.63) is 42.4 Å². The van der Waals surface area contributed by atoms with E-state index in [1.807, 2.05) is 30.8 Å². The maximum absolute atomic E-state index is 9.62. The highest BCUT2D eigenvalue weighted by molar-refractivity contribution is 5.67. The SMILES string of the molecule is CCOCCCOc1nn([C@H]2CC[C@H](N3CCOCC3)CC2)cc1Nc1ncc(-c2ccc(C#N)c(O[C@@H](C)CN/C=N\N=N)c2)cn1. The molecule has 48 heavy (non-hydrogen) atoms. The van der Waals surface area contributed by atoms with Crippen LogP contribution >= 0.6 is 0 Å². The summed E-state index contributed by atoms with van der Waals surface area (Å²) in [4.78, 5) is 11.7. The molecule has 0 spiro atoms. The van der Waals surface area contributed by atoms with Crippen molar-refractivity contribution in [2.75, 3.05) is 58.0 Å². The number of anilines is 2. The Kier molecular flexibility index (Phi) is 13.0. The number of ether oxygens (including phenoxy) is 4. The Morgan fingerprint density at radius 3 is 2.62 bits per heavy atom. The van der Waals surface area contributed by atoms with Crippen molar-refractivity contribution in [2.24, 2.45) is 10.3 Å². The van der Waals surface area contributed by atoms with Crippen LogP contribution in [0.25, 0.3) is 11.1 Å². The molecule has 15 nitrogen and oxygen atoms in total. The maximum Gasteiger partial charge on any atom is 0.256 e. The number of rotatable bonds is 17. The number of hydrogen-bond donors (Lipinski definition) is 3. The maximum atomic E-state index is 9.62. The number of nitrogens with one attached hydrogen (secondary N) is 3. The van der Waals surface area contributed by atoms with Gasteiger partial charge in [0.25, 0.3) is 5.88 Å². The molecule has 1 aliphatic carbocycles. The first-order valence-electron chi connectivity index (χ1n) is 16.6. The summed E-state index contributed by atoms with van der Waals surface area (Å²) in [6, 6.07) is 8.45. The highest BCUT2D eigenvalue weighted by Crippen LogP contribution is 2.35. The zero-order valence-corrected chi connectivity index (χ0v) is 27.7. The molecule has 2 aliphatic rings. The number of morpholine rings is 1. The second-order valence-corrected chi connectivity index (χ2v) is 11.8. The van der Waals surface area contributed by atoms with E-state index in [1.54, 1.807) is 24.5 Å². The summed E-state index contributed by atoms with van der Waals surface area (Å²) in [6.45, 7) is 9.74. The van der Waals surface area contributed by atoms with Gasteiger partial charge in [0.15, 0.2) is 0 Å². The fourth-order valence-electron chi connectivity index (χ4n) is 5.96. The summed E-state index contributed by atoms with van der Waals surface area (Å²) in [6.07, 6.45) is 11.7. The predicted molar refractivity (Wildman–Crippen MR) is 180 cm³/mol. The Balaban J connectivity index is 1.25. The molecule has 2 aromatic heterocycles. The fourth-order valence-corrected chi connectivity index (χ4v) is 5.96. The summed E-state index contributed by atoms with van der Waals surface area (Å²) in [7, 11) is 0. The monoisotopic (exact) mass is 659 g/mol. The lowest BCUT2D eigenvalue weighted by Gasteiger charge is -2.38. The molecule has 256 valence electrons. The Labute approximate surface area is 281 Å². The van der Waals surface area contributed by atoms with Gasteiger partial charge in [-0.05, 0) is 57.2 Å². The number of aromatic nitrogens is 4. The predicted octanol–water partition coefficient (Wildman–Crippen LogP) is 4.91. The zero-order valence-electron chi connectivity index (χ0n) is 27.7. The minimum atomic E-state index is -0.274. The van der Waals surface area contributed by atoms with Gasteiger partial charge in [-0.15, -0.1) is 10.2 Å². The molecule has 0 bridgehead atoms. The number of benzene rings is 1. The molecule has 0 unspecified atom stereocenters. The van der Waals surface area contributed by atoms with Gasteiger partial charge < -0.3 is 29.6 Å². The van der Waals surface area contributed by atoms with Crippen LogP contribution in [0.3, 0.4) is 0 Å². The zero-order chi connectivity index (χ0) is 33.6. The summed E-state index contributed by atoms with van der Waals surface area (Å²) in [5, 5.41) is 27.1. The first kappa shape index (κ1) is 34.7. The molecule has 1 atom stereocenters. The van der Waals surface area contributed by atoms with Gasteiger partial charge in [0, 0.05) is 56.7 Å². The van der Waals surface area contributed by atoms with Crippen LogP contribution in [0.2, 0.25) is 0 Å². The molecule has 1 saturated carbocycles. The molecule has 3 aromatic rings. The lowest BCUT2D eigenvalue weighted by molar-refractivity contribution is 0.00502. The van der Waals surface area contributed by atoms with Gasteiger partial charge in [-0.25, -0.2) is 9.97 Å². The Morgan fingerprint density at radius 2 is 1.90 bits per heavy atom. The van der Waals surface area contributed by atoms with Crippen molar-refractivity contribution in [3.8, 4) is 28.8 Å². The van der Waals surface area contributed by atoms with Gasteiger partial charge in [0.2, 0.25) is 5.95 Å². The van der Waals surface area contributed by atoms with Crippen LogP contribution in [0.4, 0.5) is 11.6 Å². The first-order valence-corrected chi connectivity index (χ1v) is 16.6. The second kappa shape index (κ2) is 18.0. The normalized spacial score (nSPS) is 19.0. The van der Waals surface area contributed by atoms with Crippen molar-refractivity contribution in [3.63, 3.8) is 0 Å². The Hall–Kier alpha value is -4.65. The molecule has 3 N–H and O–H groups in total. The third kappa shape index (κ3) is 9.69. The minimum absolute atomic E-state index is 0.274. The molecule has 3 heterocycles. The highest BCUT2D eigenvalue weighted by atomic mass is 16.5. The standard InChI is InChI=1S/C33H45N11O4/c1-3-45-13-4-14-47-32-30(22-44(41-32)29-9-7-28(8-10-29)43-11-15-46-16-12-43)40-33-37-20-27(21-38-33)25-5-6-26(18-34)31(17-25)48-24(2)19-36-23-39-42-35/h5-6,17,20-24,28-29H,3-4,7-16,19H2,1-2H3,(H2,35,36,39)(H,37,38,40)/t24-,28-,29-/m0/s1. The second-order valence-electron chi connectivity index (χ2n) is 11.8. The topological polar surface area (TPSA) is 180 Å². The largest absolute Gasteiger partial charge is 0.487 e. The smallest absolute Gasteiger partial charge is 0.256 e. The molecule has 15 heteroatoms. The van der Waals surface area contributed by atoms with Gasteiger partial charge in [-0.2, -0.15) is 10.8 Å². The lowest BCUT2D eigenvalue weighted by atomic mass is 9.90. The molecule has 1 aromatic carbocycles. The number of nitrogens with zero attached hydrogens (tertiary/aromatic N) is 8. The van der Waals surface area contributed by atoms with Gasteiger partial charge >= 0.3 is 0 Å². The average Bonchev–Trinajstić information content (AvgIpc) is 3.53. The lowest BCUT2D eigenvalue weighted by Crippen LogP contribution is -2.45. The molecule has 1 aliphatic heterocycles. The molecule has 0 radical (unpaired) electrons. The van der Waals surface area contributed by atoms with Gasteiger partial charge in [0.1, 0.15) is 29.9 Å². The van der Waals surface area contributed by atoms with Gasteiger partial charge in [-0.3, -0.25) is 9.58 Å². The highest BCUT2D eigenvalue weighted by Gasteiger charge is 2.29. The summed E-state index contributed by atoms with van der Waals surface area (Å²) in [5.41, 5.74) is 9.42. The van der Waals surface area contributed by atoms with E-state index in [0.29, 0.717) is 67.3 Å². The van der Waals surface area contributed by atoms with E-state index in [9.17, 15) is 5.26 Å². The van der Waals surface area contributed by atoms with Crippen molar-refractivity contribution < 1.29 is 18.9 Å². The van der Waals surface area contributed by atoms with Crippen molar-refractivity contribution in [1.82, 2.24) is 30.0 Å². The van der Waals surface area contributed by atoms with Crippen LogP contribution < -0.4 is 20.1 Å². The minimum Gasteiger partial charge on any atom is -0.487 e. The summed E-state index contributed by atoms with van der Waals surface area (Å²) >= 11 is 0. The van der Waals surface area contributed by atoms with Gasteiger partial charge in [-0.1, -0.05) is 11.3 Å². The van der Waals surface area contributed by atoms with Crippen LogP contribution in [0, 0.1) is 16.9 Å². The van der Waals surface area contributed by atoms with E-state index in [-0.39, 0.29) is 6.10 Å². The molecule has 5 rings (SSSR count). The Morgan fingerprint density at radius 1 is 1.12 bits per heavy atom. The third-order valence-corrected chi connectivity index (χ3v) is 8.45.